The average molecular weight is 396 g/mol. The van der Waals surface area contributed by atoms with Gasteiger partial charge in [-0.1, -0.05) is 0 Å². The first-order valence-electron chi connectivity index (χ1n) is 7.83. The number of imidazole rings is 1. The summed E-state index contributed by atoms with van der Waals surface area (Å²) in [6.45, 7) is 3.85. The first-order chi connectivity index (χ1) is 12.4. The topological polar surface area (TPSA) is 116 Å². The minimum absolute atomic E-state index is 0.0986. The Morgan fingerprint density at radius 1 is 1.35 bits per heavy atom. The quantitative estimate of drug-likeness (QED) is 0.341. The number of hydrogen-bond acceptors (Lipinski definition) is 6. The standard InChI is InChI=1S/C16H21N5O3S2/c1-12-16(19-11-18-12)9-25-8-7-17-10-20-26(23,24)15-5-3-14(4-6-15)21-13(2)22/h3-6,10-11H,7-9H2,1-2H3,(H,17,20)(H,18,19)(H,21,22). The zero-order valence-electron chi connectivity index (χ0n) is 14.5. The van der Waals surface area contributed by atoms with Gasteiger partial charge in [0.25, 0.3) is 10.0 Å². The predicted octanol–water partition coefficient (Wildman–Crippen LogP) is 1.92. The Labute approximate surface area is 157 Å². The van der Waals surface area contributed by atoms with Gasteiger partial charge in [-0.05, 0) is 31.2 Å². The van der Waals surface area contributed by atoms with Crippen molar-refractivity contribution in [1.82, 2.24) is 14.7 Å². The fraction of sp³-hybridized carbons (Fsp3) is 0.312. The molecule has 0 unspecified atom stereocenters. The molecule has 0 atom stereocenters. The van der Waals surface area contributed by atoms with Crippen LogP contribution in [0.25, 0.3) is 0 Å². The summed E-state index contributed by atoms with van der Waals surface area (Å²) in [4.78, 5) is 22.4. The third-order valence-corrected chi connectivity index (χ3v) is 5.58. The fourth-order valence-corrected chi connectivity index (χ4v) is 3.69. The summed E-state index contributed by atoms with van der Waals surface area (Å²) in [5.74, 6) is 1.33. The number of benzene rings is 1. The lowest BCUT2D eigenvalue weighted by molar-refractivity contribution is -0.114. The van der Waals surface area contributed by atoms with E-state index in [0.29, 0.717) is 12.2 Å². The lowest BCUT2D eigenvalue weighted by Crippen LogP contribution is -2.22. The number of amides is 1. The predicted molar refractivity (Wildman–Crippen MR) is 104 cm³/mol. The summed E-state index contributed by atoms with van der Waals surface area (Å²) >= 11 is 1.68. The van der Waals surface area contributed by atoms with Gasteiger partial charge in [-0.3, -0.25) is 14.5 Å². The highest BCUT2D eigenvalue weighted by atomic mass is 32.2. The molecule has 0 spiro atoms. The van der Waals surface area contributed by atoms with Crippen LogP contribution in [0.2, 0.25) is 0 Å². The zero-order chi connectivity index (χ0) is 19.0. The van der Waals surface area contributed by atoms with E-state index in [1.54, 1.807) is 18.1 Å². The molecule has 140 valence electrons. The highest BCUT2D eigenvalue weighted by Gasteiger charge is 2.11. The molecule has 0 aliphatic heterocycles. The van der Waals surface area contributed by atoms with Crippen LogP contribution >= 0.6 is 11.8 Å². The van der Waals surface area contributed by atoms with Crippen LogP contribution in [0, 0.1) is 6.92 Å². The Bertz CT molecular complexity index is 860. The summed E-state index contributed by atoms with van der Waals surface area (Å²) < 4.78 is 26.6. The number of aryl methyl sites for hydroxylation is 1. The number of aromatic nitrogens is 2. The molecule has 0 aliphatic carbocycles. The molecule has 26 heavy (non-hydrogen) atoms. The molecule has 1 aromatic carbocycles. The van der Waals surface area contributed by atoms with Crippen LogP contribution in [0.3, 0.4) is 0 Å². The van der Waals surface area contributed by atoms with Crippen molar-refractivity contribution in [3.05, 3.63) is 42.0 Å². The second-order valence-electron chi connectivity index (χ2n) is 5.39. The third-order valence-electron chi connectivity index (χ3n) is 3.32. The molecule has 1 aromatic heterocycles. The minimum Gasteiger partial charge on any atom is -0.348 e. The Kier molecular flexibility index (Phi) is 7.22. The summed E-state index contributed by atoms with van der Waals surface area (Å²) in [7, 11) is -3.67. The Hall–Kier alpha value is -2.33. The smallest absolute Gasteiger partial charge is 0.262 e. The monoisotopic (exact) mass is 395 g/mol. The van der Waals surface area contributed by atoms with E-state index in [4.69, 9.17) is 0 Å². The minimum atomic E-state index is -3.67. The normalized spacial score (nSPS) is 11.6. The van der Waals surface area contributed by atoms with E-state index in [1.807, 2.05) is 6.92 Å². The van der Waals surface area contributed by atoms with Crippen molar-refractivity contribution in [2.45, 2.75) is 24.5 Å². The Balaban J connectivity index is 1.75. The molecule has 1 heterocycles. The molecule has 2 rings (SSSR count). The summed E-state index contributed by atoms with van der Waals surface area (Å²) in [5.41, 5.74) is 2.61. The maximum Gasteiger partial charge on any atom is 0.262 e. The fourth-order valence-electron chi connectivity index (χ4n) is 1.98. The number of H-pyrrole nitrogens is 1. The van der Waals surface area contributed by atoms with Crippen LogP contribution in [0.15, 0.2) is 40.5 Å². The van der Waals surface area contributed by atoms with Gasteiger partial charge in [-0.2, -0.15) is 11.8 Å². The van der Waals surface area contributed by atoms with Crippen LogP contribution in [0.1, 0.15) is 18.3 Å². The number of carbonyl (C=O) groups excluding carboxylic acids is 1. The number of anilines is 1. The van der Waals surface area contributed by atoms with Gasteiger partial charge in [0.15, 0.2) is 0 Å². The molecular formula is C16H21N5O3S2. The van der Waals surface area contributed by atoms with E-state index in [2.05, 4.69) is 25.0 Å². The van der Waals surface area contributed by atoms with Gasteiger partial charge in [-0.15, -0.1) is 0 Å². The van der Waals surface area contributed by atoms with E-state index in [9.17, 15) is 13.2 Å². The van der Waals surface area contributed by atoms with E-state index in [1.165, 1.54) is 37.5 Å². The van der Waals surface area contributed by atoms with Gasteiger partial charge in [0.05, 0.1) is 23.3 Å². The number of carbonyl (C=O) groups is 1. The second-order valence-corrected chi connectivity index (χ2v) is 8.21. The average Bonchev–Trinajstić information content (AvgIpc) is 2.99. The molecule has 8 nitrogen and oxygen atoms in total. The lowest BCUT2D eigenvalue weighted by Gasteiger charge is -2.05. The molecular weight excluding hydrogens is 374 g/mol. The van der Waals surface area contributed by atoms with E-state index >= 15 is 0 Å². The molecule has 10 heteroatoms. The van der Waals surface area contributed by atoms with E-state index < -0.39 is 10.0 Å². The van der Waals surface area contributed by atoms with Crippen LogP contribution in [0.4, 0.5) is 5.69 Å². The zero-order valence-corrected chi connectivity index (χ0v) is 16.2. The van der Waals surface area contributed by atoms with Crippen molar-refractivity contribution in [1.29, 1.82) is 0 Å². The van der Waals surface area contributed by atoms with Crippen molar-refractivity contribution in [3.63, 3.8) is 0 Å². The molecule has 0 bridgehead atoms. The number of thioether (sulfide) groups is 1. The highest BCUT2D eigenvalue weighted by molar-refractivity contribution is 7.98. The molecule has 0 radical (unpaired) electrons. The van der Waals surface area contributed by atoms with Gasteiger partial charge in [0.1, 0.15) is 0 Å². The Morgan fingerprint density at radius 2 is 2.08 bits per heavy atom. The summed E-state index contributed by atoms with van der Waals surface area (Å²) in [5, 5.41) is 2.58. The van der Waals surface area contributed by atoms with Crippen molar-refractivity contribution in [3.8, 4) is 0 Å². The number of hydrogen-bond donors (Lipinski definition) is 3. The van der Waals surface area contributed by atoms with Crippen molar-refractivity contribution < 1.29 is 13.2 Å². The summed E-state index contributed by atoms with van der Waals surface area (Å²) in [6, 6.07) is 5.90. The second kappa shape index (κ2) is 9.39. The molecule has 0 saturated carbocycles. The van der Waals surface area contributed by atoms with Gasteiger partial charge < -0.3 is 10.3 Å². The first kappa shape index (κ1) is 20.0. The van der Waals surface area contributed by atoms with Crippen LogP contribution in [0.5, 0.6) is 0 Å². The molecule has 2 aromatic rings. The maximum atomic E-state index is 12.1. The maximum absolute atomic E-state index is 12.1. The van der Waals surface area contributed by atoms with Gasteiger partial charge >= 0.3 is 0 Å². The van der Waals surface area contributed by atoms with Crippen LogP contribution in [-0.4, -0.2) is 42.9 Å². The van der Waals surface area contributed by atoms with Crippen molar-refractivity contribution in [2.24, 2.45) is 4.99 Å². The number of sulfonamides is 1. The third kappa shape index (κ3) is 6.19. The van der Waals surface area contributed by atoms with Crippen LogP contribution < -0.4 is 10.0 Å². The molecule has 1 amide bonds. The largest absolute Gasteiger partial charge is 0.348 e. The Morgan fingerprint density at radius 3 is 2.69 bits per heavy atom. The van der Waals surface area contributed by atoms with Crippen molar-refractivity contribution in [2.75, 3.05) is 17.6 Å². The first-order valence-corrected chi connectivity index (χ1v) is 10.5. The molecule has 0 fully saturated rings. The van der Waals surface area contributed by atoms with Gasteiger partial charge in [0.2, 0.25) is 5.91 Å². The number of rotatable bonds is 9. The highest BCUT2D eigenvalue weighted by Crippen LogP contribution is 2.14. The molecule has 0 saturated heterocycles. The number of aliphatic imine (C=N–C) groups is 1. The lowest BCUT2D eigenvalue weighted by atomic mass is 10.3. The van der Waals surface area contributed by atoms with Crippen LogP contribution in [-0.2, 0) is 20.6 Å². The van der Waals surface area contributed by atoms with Gasteiger partial charge in [-0.25, -0.2) is 13.4 Å². The van der Waals surface area contributed by atoms with E-state index in [-0.39, 0.29) is 10.8 Å². The number of nitrogens with one attached hydrogen (secondary N) is 3. The van der Waals surface area contributed by atoms with E-state index in [0.717, 1.165) is 22.9 Å². The molecule has 0 aliphatic rings. The SMILES string of the molecule is CC(=O)Nc1ccc(S(=O)(=O)NC=NCCSCc2nc[nH]c2C)cc1. The summed E-state index contributed by atoms with van der Waals surface area (Å²) in [6.07, 6.45) is 2.86. The molecule has 3 N–H and O–H groups in total. The van der Waals surface area contributed by atoms with Gasteiger partial charge in [0, 0.05) is 36.4 Å². The number of aromatic amines is 1. The van der Waals surface area contributed by atoms with Crippen molar-refractivity contribution >= 4 is 39.7 Å². The number of nitrogens with zero attached hydrogens (tertiary/aromatic N) is 2.